The lowest BCUT2D eigenvalue weighted by Gasteiger charge is -2.12. The smallest absolute Gasteiger partial charge is 0.261 e. The molecule has 0 spiro atoms. The molecule has 0 saturated heterocycles. The second kappa shape index (κ2) is 8.83. The molecule has 0 aliphatic heterocycles. The Morgan fingerprint density at radius 2 is 1.67 bits per heavy atom. The van der Waals surface area contributed by atoms with Gasteiger partial charge in [0, 0.05) is 25.6 Å². The highest BCUT2D eigenvalue weighted by Gasteiger charge is 2.17. The van der Waals surface area contributed by atoms with Crippen LogP contribution in [0.25, 0.3) is 0 Å². The molecule has 2 amide bonds. The Balaban J connectivity index is 2.13. The molecule has 0 unspecified atom stereocenters. The molecule has 10 heteroatoms. The van der Waals surface area contributed by atoms with Crippen LogP contribution in [0.4, 0.5) is 10.1 Å². The lowest BCUT2D eigenvalue weighted by molar-refractivity contribution is -0.118. The summed E-state index contributed by atoms with van der Waals surface area (Å²) in [4.78, 5) is 22.8. The third-order valence-electron chi connectivity index (χ3n) is 3.38. The second-order valence-corrected chi connectivity index (χ2v) is 7.58. The van der Waals surface area contributed by atoms with Gasteiger partial charge in [0.05, 0.1) is 15.6 Å². The molecule has 0 aliphatic carbocycles. The predicted octanol–water partition coefficient (Wildman–Crippen LogP) is 2.15. The van der Waals surface area contributed by atoms with E-state index in [2.05, 4.69) is 15.4 Å². The van der Waals surface area contributed by atoms with Crippen LogP contribution in [0.2, 0.25) is 5.02 Å². The van der Waals surface area contributed by atoms with Gasteiger partial charge in [0.1, 0.15) is 5.82 Å². The monoisotopic (exact) mass is 413 g/mol. The maximum atomic E-state index is 13.0. The lowest BCUT2D eigenvalue weighted by Crippen LogP contribution is -2.33. The number of anilines is 1. The Morgan fingerprint density at radius 3 is 2.30 bits per heavy atom. The van der Waals surface area contributed by atoms with Crippen LogP contribution in [0.5, 0.6) is 0 Å². The zero-order valence-corrected chi connectivity index (χ0v) is 15.8. The van der Waals surface area contributed by atoms with Crippen molar-refractivity contribution < 1.29 is 22.4 Å². The third kappa shape index (κ3) is 5.93. The quantitative estimate of drug-likeness (QED) is 0.605. The highest BCUT2D eigenvalue weighted by Crippen LogP contribution is 2.26. The number of nitrogens with one attached hydrogen (secondary N) is 3. The first-order valence-electron chi connectivity index (χ1n) is 7.79. The number of halogens is 2. The van der Waals surface area contributed by atoms with Crippen LogP contribution in [-0.4, -0.2) is 33.3 Å². The van der Waals surface area contributed by atoms with Gasteiger partial charge in [0.25, 0.3) is 15.9 Å². The number of carbonyl (C=O) groups is 2. The minimum absolute atomic E-state index is 0.00972. The molecule has 0 radical (unpaired) electrons. The molecule has 2 aromatic rings. The molecule has 0 aliphatic rings. The van der Waals surface area contributed by atoms with Crippen molar-refractivity contribution in [2.75, 3.05) is 17.8 Å². The van der Waals surface area contributed by atoms with Gasteiger partial charge in [-0.2, -0.15) is 0 Å². The first kappa shape index (κ1) is 20.7. The highest BCUT2D eigenvalue weighted by atomic mass is 35.5. The summed E-state index contributed by atoms with van der Waals surface area (Å²) in [5.74, 6) is -1.24. The molecule has 27 heavy (non-hydrogen) atoms. The normalized spacial score (nSPS) is 10.9. The zero-order valence-electron chi connectivity index (χ0n) is 14.3. The molecule has 0 heterocycles. The molecule has 7 nitrogen and oxygen atoms in total. The largest absolute Gasteiger partial charge is 0.355 e. The van der Waals surface area contributed by atoms with Crippen LogP contribution in [0.1, 0.15) is 17.3 Å². The summed E-state index contributed by atoms with van der Waals surface area (Å²) in [6.45, 7) is 1.83. The van der Waals surface area contributed by atoms with Gasteiger partial charge in [-0.3, -0.25) is 14.3 Å². The number of hydrogen-bond donors (Lipinski definition) is 3. The Bertz CT molecular complexity index is 949. The van der Waals surface area contributed by atoms with E-state index in [0.717, 1.165) is 24.3 Å². The average Bonchev–Trinajstić information content (AvgIpc) is 2.60. The minimum Gasteiger partial charge on any atom is -0.355 e. The number of amides is 2. The molecule has 0 bridgehead atoms. The van der Waals surface area contributed by atoms with Gasteiger partial charge in [0.2, 0.25) is 5.91 Å². The van der Waals surface area contributed by atoms with Crippen molar-refractivity contribution in [2.24, 2.45) is 0 Å². The summed E-state index contributed by atoms with van der Waals surface area (Å²) < 4.78 is 40.0. The summed E-state index contributed by atoms with van der Waals surface area (Å²) in [6.07, 6.45) is 0. The lowest BCUT2D eigenvalue weighted by atomic mass is 10.2. The summed E-state index contributed by atoms with van der Waals surface area (Å²) in [7, 11) is -4.01. The Hall–Kier alpha value is -2.65. The molecule has 0 fully saturated rings. The van der Waals surface area contributed by atoms with Crippen LogP contribution in [0.3, 0.4) is 0 Å². The second-order valence-electron chi connectivity index (χ2n) is 5.49. The van der Waals surface area contributed by atoms with Gasteiger partial charge in [-0.1, -0.05) is 11.6 Å². The van der Waals surface area contributed by atoms with E-state index >= 15 is 0 Å². The standard InChI is InChI=1S/C17H17ClFN3O4S/c1-11(23)20-8-9-21-17(24)12-2-7-15(18)16(10-12)22-27(25,26)14-5-3-13(19)4-6-14/h2-7,10,22H,8-9H2,1H3,(H,20,23)(H,21,24). The van der Waals surface area contributed by atoms with E-state index in [9.17, 15) is 22.4 Å². The summed E-state index contributed by atoms with van der Waals surface area (Å²) in [5.41, 5.74) is 0.189. The van der Waals surface area contributed by atoms with Crippen molar-refractivity contribution in [1.82, 2.24) is 10.6 Å². The Labute approximate surface area is 161 Å². The SMILES string of the molecule is CC(=O)NCCNC(=O)c1ccc(Cl)c(NS(=O)(=O)c2ccc(F)cc2)c1. The van der Waals surface area contributed by atoms with E-state index in [0.29, 0.717) is 0 Å². The fourth-order valence-electron chi connectivity index (χ4n) is 2.08. The fourth-order valence-corrected chi connectivity index (χ4v) is 3.37. The number of rotatable bonds is 7. The summed E-state index contributed by atoms with van der Waals surface area (Å²) in [6, 6.07) is 8.38. The molecule has 2 rings (SSSR count). The maximum absolute atomic E-state index is 13.0. The van der Waals surface area contributed by atoms with Crippen LogP contribution < -0.4 is 15.4 Å². The van der Waals surface area contributed by atoms with Crippen molar-refractivity contribution >= 4 is 39.1 Å². The van der Waals surface area contributed by atoms with Crippen LogP contribution in [0, 0.1) is 5.82 Å². The highest BCUT2D eigenvalue weighted by molar-refractivity contribution is 7.92. The molecule has 2 aromatic carbocycles. The van der Waals surface area contributed by atoms with E-state index in [1.807, 2.05) is 0 Å². The number of hydrogen-bond acceptors (Lipinski definition) is 4. The van der Waals surface area contributed by atoms with Crippen LogP contribution in [-0.2, 0) is 14.8 Å². The number of sulfonamides is 1. The molecule has 0 aromatic heterocycles. The van der Waals surface area contributed by atoms with Gasteiger partial charge >= 0.3 is 0 Å². The van der Waals surface area contributed by atoms with Gasteiger partial charge in [-0.15, -0.1) is 0 Å². The molecular formula is C17H17ClFN3O4S. The summed E-state index contributed by atoms with van der Waals surface area (Å²) in [5, 5.41) is 5.21. The first-order valence-corrected chi connectivity index (χ1v) is 9.66. The minimum atomic E-state index is -4.01. The predicted molar refractivity (Wildman–Crippen MR) is 99.7 cm³/mol. The van der Waals surface area contributed by atoms with E-state index in [4.69, 9.17) is 11.6 Å². The van der Waals surface area contributed by atoms with E-state index < -0.39 is 21.7 Å². The fraction of sp³-hybridized carbons (Fsp3) is 0.176. The van der Waals surface area contributed by atoms with Crippen LogP contribution in [0.15, 0.2) is 47.4 Å². The molecule has 3 N–H and O–H groups in total. The maximum Gasteiger partial charge on any atom is 0.261 e. The number of benzene rings is 2. The van der Waals surface area contributed by atoms with Crippen molar-refractivity contribution in [3.8, 4) is 0 Å². The van der Waals surface area contributed by atoms with Crippen molar-refractivity contribution in [3.05, 3.63) is 58.9 Å². The third-order valence-corrected chi connectivity index (χ3v) is 5.09. The van der Waals surface area contributed by atoms with Gasteiger partial charge in [-0.05, 0) is 42.5 Å². The zero-order chi connectivity index (χ0) is 20.0. The first-order chi connectivity index (χ1) is 12.7. The van der Waals surface area contributed by atoms with Crippen LogP contribution >= 0.6 is 11.6 Å². The topological polar surface area (TPSA) is 104 Å². The van der Waals surface area contributed by atoms with Crippen molar-refractivity contribution in [3.63, 3.8) is 0 Å². The molecule has 0 atom stereocenters. The van der Waals surface area contributed by atoms with E-state index in [1.165, 1.54) is 25.1 Å². The average molecular weight is 414 g/mol. The van der Waals surface area contributed by atoms with Gasteiger partial charge in [-0.25, -0.2) is 12.8 Å². The molecule has 144 valence electrons. The molecular weight excluding hydrogens is 397 g/mol. The van der Waals surface area contributed by atoms with Crippen molar-refractivity contribution in [1.29, 1.82) is 0 Å². The van der Waals surface area contributed by atoms with Crippen molar-refractivity contribution in [2.45, 2.75) is 11.8 Å². The Morgan fingerprint density at radius 1 is 1.04 bits per heavy atom. The number of carbonyl (C=O) groups excluding carboxylic acids is 2. The summed E-state index contributed by atoms with van der Waals surface area (Å²) >= 11 is 6.02. The van der Waals surface area contributed by atoms with E-state index in [-0.39, 0.29) is 40.2 Å². The van der Waals surface area contributed by atoms with E-state index in [1.54, 1.807) is 0 Å². The molecule has 0 saturated carbocycles. The van der Waals surface area contributed by atoms with Gasteiger partial charge < -0.3 is 10.6 Å². The van der Waals surface area contributed by atoms with Gasteiger partial charge in [0.15, 0.2) is 0 Å². The Kier molecular flexibility index (Phi) is 6.75.